The summed E-state index contributed by atoms with van der Waals surface area (Å²) in [7, 11) is -3.57. The van der Waals surface area contributed by atoms with Crippen LogP contribution in [-0.4, -0.2) is 46.1 Å². The molecule has 0 saturated carbocycles. The Hall–Kier alpha value is -1.44. The lowest BCUT2D eigenvalue weighted by Gasteiger charge is -2.33. The fourth-order valence-corrected chi connectivity index (χ4v) is 4.58. The maximum Gasteiger partial charge on any atom is 0.240 e. The monoisotopic (exact) mass is 394 g/mol. The summed E-state index contributed by atoms with van der Waals surface area (Å²) in [5.74, 6) is 0. The van der Waals surface area contributed by atoms with Gasteiger partial charge in [0.15, 0.2) is 0 Å². The van der Waals surface area contributed by atoms with E-state index in [9.17, 15) is 8.42 Å². The summed E-state index contributed by atoms with van der Waals surface area (Å²) in [6.45, 7) is 4.92. The Morgan fingerprint density at radius 3 is 2.77 bits per heavy atom. The molecule has 0 aromatic heterocycles. The summed E-state index contributed by atoms with van der Waals surface area (Å²) in [4.78, 5) is 2.45. The molecule has 1 atom stereocenters. The van der Waals surface area contributed by atoms with Crippen LogP contribution in [-0.2, 0) is 14.8 Å². The van der Waals surface area contributed by atoms with Crippen LogP contribution in [0.1, 0.15) is 17.2 Å². The largest absolute Gasteiger partial charge is 0.371 e. The Morgan fingerprint density at radius 2 is 2.00 bits per heavy atom. The molecule has 3 rings (SSSR count). The third-order valence-corrected chi connectivity index (χ3v) is 6.32. The van der Waals surface area contributed by atoms with E-state index in [1.54, 1.807) is 19.1 Å². The molecule has 1 fully saturated rings. The molecule has 1 heterocycles. The molecule has 140 valence electrons. The van der Waals surface area contributed by atoms with E-state index in [1.807, 2.05) is 18.2 Å². The summed E-state index contributed by atoms with van der Waals surface area (Å²) in [6.07, 6.45) is 0.0248. The number of nitrogens with zero attached hydrogens (tertiary/aromatic N) is 1. The predicted molar refractivity (Wildman–Crippen MR) is 103 cm³/mol. The van der Waals surface area contributed by atoms with Gasteiger partial charge in [-0.25, -0.2) is 13.1 Å². The number of sulfonamides is 1. The van der Waals surface area contributed by atoms with Crippen molar-refractivity contribution in [3.05, 3.63) is 64.7 Å². The number of benzene rings is 2. The van der Waals surface area contributed by atoms with Gasteiger partial charge in [-0.05, 0) is 30.2 Å². The number of morpholine rings is 1. The zero-order valence-corrected chi connectivity index (χ0v) is 16.3. The molecule has 2 aromatic rings. The number of aryl methyl sites for hydroxylation is 1. The van der Waals surface area contributed by atoms with Crippen molar-refractivity contribution in [3.63, 3.8) is 0 Å². The van der Waals surface area contributed by atoms with Crippen molar-refractivity contribution in [1.82, 2.24) is 9.62 Å². The van der Waals surface area contributed by atoms with Crippen molar-refractivity contribution in [1.29, 1.82) is 0 Å². The lowest BCUT2D eigenvalue weighted by atomic mass is 10.1. The van der Waals surface area contributed by atoms with Gasteiger partial charge in [0.05, 0.1) is 17.6 Å². The Balaban J connectivity index is 1.56. The molecule has 0 amide bonds. The molecule has 0 radical (unpaired) electrons. The van der Waals surface area contributed by atoms with E-state index in [4.69, 9.17) is 16.3 Å². The number of rotatable bonds is 6. The lowest BCUT2D eigenvalue weighted by molar-refractivity contribution is -0.0291. The van der Waals surface area contributed by atoms with Crippen LogP contribution in [0.15, 0.2) is 53.4 Å². The van der Waals surface area contributed by atoms with Gasteiger partial charge in [0.25, 0.3) is 0 Å². The van der Waals surface area contributed by atoms with E-state index in [-0.39, 0.29) is 11.0 Å². The number of ether oxygens (including phenoxy) is 1. The van der Waals surface area contributed by atoms with E-state index in [2.05, 4.69) is 21.8 Å². The Kier molecular flexibility index (Phi) is 6.32. The fraction of sp³-hybridized carbons (Fsp3) is 0.368. The van der Waals surface area contributed by atoms with Gasteiger partial charge in [0, 0.05) is 31.2 Å². The summed E-state index contributed by atoms with van der Waals surface area (Å²) >= 11 is 5.94. The zero-order valence-electron chi connectivity index (χ0n) is 14.7. The van der Waals surface area contributed by atoms with E-state index >= 15 is 0 Å². The average molecular weight is 395 g/mol. The molecule has 1 aliphatic heterocycles. The Labute approximate surface area is 160 Å². The first-order chi connectivity index (χ1) is 12.5. The van der Waals surface area contributed by atoms with E-state index in [0.717, 1.165) is 18.7 Å². The van der Waals surface area contributed by atoms with Crippen LogP contribution >= 0.6 is 11.6 Å². The van der Waals surface area contributed by atoms with Gasteiger partial charge in [-0.15, -0.1) is 0 Å². The second-order valence-electron chi connectivity index (χ2n) is 6.38. The molecule has 7 heteroatoms. The highest BCUT2D eigenvalue weighted by Crippen LogP contribution is 2.22. The molecule has 0 spiro atoms. The van der Waals surface area contributed by atoms with Crippen LogP contribution < -0.4 is 4.72 Å². The molecule has 5 nitrogen and oxygen atoms in total. The standard InChI is InChI=1S/C19H23ClN2O3S/c1-15-7-8-17(20)13-19(15)26(23,24)21-9-10-22-11-12-25-18(14-22)16-5-3-2-4-6-16/h2-8,13,18,21H,9-12,14H2,1H3/t18-/m1/s1. The van der Waals surface area contributed by atoms with Crippen molar-refractivity contribution in [2.45, 2.75) is 17.9 Å². The second-order valence-corrected chi connectivity index (χ2v) is 8.55. The SMILES string of the molecule is Cc1ccc(Cl)cc1S(=O)(=O)NCCN1CCO[C@@H](c2ccccc2)C1. The van der Waals surface area contributed by atoms with Gasteiger partial charge >= 0.3 is 0 Å². The highest BCUT2D eigenvalue weighted by atomic mass is 35.5. The number of nitrogens with one attached hydrogen (secondary N) is 1. The van der Waals surface area contributed by atoms with Crippen LogP contribution in [0.4, 0.5) is 0 Å². The quantitative estimate of drug-likeness (QED) is 0.818. The normalized spacial score (nSPS) is 18.8. The first kappa shape index (κ1) is 19.3. The highest BCUT2D eigenvalue weighted by Gasteiger charge is 2.22. The van der Waals surface area contributed by atoms with Crippen LogP contribution in [0, 0.1) is 6.92 Å². The van der Waals surface area contributed by atoms with Crippen molar-refractivity contribution >= 4 is 21.6 Å². The van der Waals surface area contributed by atoms with Crippen LogP contribution in [0.25, 0.3) is 0 Å². The fourth-order valence-electron chi connectivity index (χ4n) is 3.05. The molecular formula is C19H23ClN2O3S. The van der Waals surface area contributed by atoms with Gasteiger partial charge in [-0.1, -0.05) is 48.0 Å². The van der Waals surface area contributed by atoms with Crippen LogP contribution in [0.2, 0.25) is 5.02 Å². The van der Waals surface area contributed by atoms with Gasteiger partial charge in [0.2, 0.25) is 10.0 Å². The third-order valence-electron chi connectivity index (χ3n) is 4.48. The minimum Gasteiger partial charge on any atom is -0.371 e. The summed E-state index contributed by atoms with van der Waals surface area (Å²) in [5, 5.41) is 0.412. The number of hydrogen-bond donors (Lipinski definition) is 1. The maximum atomic E-state index is 12.5. The van der Waals surface area contributed by atoms with Crippen molar-refractivity contribution in [3.8, 4) is 0 Å². The number of halogens is 1. The van der Waals surface area contributed by atoms with Crippen molar-refractivity contribution < 1.29 is 13.2 Å². The summed E-state index contributed by atoms with van der Waals surface area (Å²) < 4.78 is 33.6. The Bertz CT molecular complexity index is 843. The van der Waals surface area contributed by atoms with Gasteiger partial charge in [-0.2, -0.15) is 0 Å². The first-order valence-corrected chi connectivity index (χ1v) is 10.5. The minimum atomic E-state index is -3.57. The topological polar surface area (TPSA) is 58.6 Å². The molecule has 26 heavy (non-hydrogen) atoms. The third kappa shape index (κ3) is 4.84. The Morgan fingerprint density at radius 1 is 1.23 bits per heavy atom. The molecule has 0 aliphatic carbocycles. The molecule has 1 aliphatic rings. The average Bonchev–Trinajstić information content (AvgIpc) is 2.64. The predicted octanol–water partition coefficient (Wildman–Crippen LogP) is 3.00. The van der Waals surface area contributed by atoms with Gasteiger partial charge in [-0.3, -0.25) is 4.90 Å². The molecule has 2 aromatic carbocycles. The maximum absolute atomic E-state index is 12.5. The van der Waals surface area contributed by atoms with Crippen molar-refractivity contribution in [2.24, 2.45) is 0 Å². The molecule has 0 unspecified atom stereocenters. The van der Waals surface area contributed by atoms with Crippen molar-refractivity contribution in [2.75, 3.05) is 32.8 Å². The second kappa shape index (κ2) is 8.50. The van der Waals surface area contributed by atoms with E-state index in [0.29, 0.717) is 30.3 Å². The van der Waals surface area contributed by atoms with Gasteiger partial charge < -0.3 is 4.74 Å². The lowest BCUT2D eigenvalue weighted by Crippen LogP contribution is -2.42. The van der Waals surface area contributed by atoms with E-state index < -0.39 is 10.0 Å². The first-order valence-electron chi connectivity index (χ1n) is 8.60. The van der Waals surface area contributed by atoms with Crippen LogP contribution in [0.5, 0.6) is 0 Å². The number of hydrogen-bond acceptors (Lipinski definition) is 4. The minimum absolute atomic E-state index is 0.0248. The van der Waals surface area contributed by atoms with Crippen LogP contribution in [0.3, 0.4) is 0 Å². The highest BCUT2D eigenvalue weighted by molar-refractivity contribution is 7.89. The van der Waals surface area contributed by atoms with Gasteiger partial charge in [0.1, 0.15) is 0 Å². The smallest absolute Gasteiger partial charge is 0.240 e. The van der Waals surface area contributed by atoms with E-state index in [1.165, 1.54) is 6.07 Å². The molecule has 1 N–H and O–H groups in total. The molecule has 1 saturated heterocycles. The molecule has 0 bridgehead atoms. The zero-order chi connectivity index (χ0) is 18.6. The molecular weight excluding hydrogens is 372 g/mol. The summed E-state index contributed by atoms with van der Waals surface area (Å²) in [5.41, 5.74) is 1.82. The summed E-state index contributed by atoms with van der Waals surface area (Å²) in [6, 6.07) is 15.0.